The summed E-state index contributed by atoms with van der Waals surface area (Å²) in [5.74, 6) is -2.03. The molecule has 1 fully saturated rings. The fraction of sp³-hybridized carbons (Fsp3) is 0.667. The van der Waals surface area contributed by atoms with E-state index in [1.165, 1.54) is 0 Å². The van der Waals surface area contributed by atoms with E-state index in [0.29, 0.717) is 0 Å². The summed E-state index contributed by atoms with van der Waals surface area (Å²) >= 11 is 0. The summed E-state index contributed by atoms with van der Waals surface area (Å²) in [4.78, 5) is 6.32. The molecule has 0 aliphatic heterocycles. The van der Waals surface area contributed by atoms with Crippen LogP contribution in [0.15, 0.2) is 12.4 Å². The third kappa shape index (κ3) is 3.28. The third-order valence-electron chi connectivity index (χ3n) is 3.77. The summed E-state index contributed by atoms with van der Waals surface area (Å²) in [7, 11) is 0. The Kier molecular flexibility index (Phi) is 3.90. The quantitative estimate of drug-likeness (QED) is 0.868. The van der Waals surface area contributed by atoms with Gasteiger partial charge in [0.05, 0.1) is 5.41 Å². The van der Waals surface area contributed by atoms with Crippen LogP contribution in [0.25, 0.3) is 0 Å². The van der Waals surface area contributed by atoms with Gasteiger partial charge in [-0.1, -0.05) is 0 Å². The molecule has 0 amide bonds. The molecule has 1 aromatic heterocycles. The lowest BCUT2D eigenvalue weighted by molar-refractivity contribution is -0.190. The van der Waals surface area contributed by atoms with Crippen molar-refractivity contribution in [1.82, 2.24) is 9.97 Å². The maximum atomic E-state index is 12.9. The second kappa shape index (κ2) is 5.11. The van der Waals surface area contributed by atoms with Crippen LogP contribution in [-0.4, -0.2) is 22.7 Å². The highest BCUT2D eigenvalue weighted by Gasteiger charge is 2.63. The number of aromatic nitrogens is 2. The van der Waals surface area contributed by atoms with E-state index in [0.717, 1.165) is 12.4 Å². The van der Waals surface area contributed by atoms with Crippen molar-refractivity contribution in [2.45, 2.75) is 37.5 Å². The van der Waals surface area contributed by atoms with Crippen LogP contribution >= 0.6 is 0 Å². The van der Waals surface area contributed by atoms with E-state index in [4.69, 9.17) is 5.73 Å². The van der Waals surface area contributed by atoms with Crippen LogP contribution in [0.3, 0.4) is 0 Å². The van der Waals surface area contributed by atoms with Crippen molar-refractivity contribution >= 4 is 0 Å². The fourth-order valence-electron chi connectivity index (χ4n) is 2.26. The number of nitrogens with two attached hydrogens (primary N) is 1. The van der Waals surface area contributed by atoms with Crippen molar-refractivity contribution in [3.8, 4) is 0 Å². The van der Waals surface area contributed by atoms with Gasteiger partial charge in [0.15, 0.2) is 0 Å². The third-order valence-corrected chi connectivity index (χ3v) is 3.77. The predicted octanol–water partition coefficient (Wildman–Crippen LogP) is 3.27. The van der Waals surface area contributed by atoms with Crippen molar-refractivity contribution in [2.75, 3.05) is 6.54 Å². The molecule has 1 aromatic rings. The lowest BCUT2D eigenvalue weighted by Crippen LogP contribution is -2.29. The minimum Gasteiger partial charge on any atom is -0.330 e. The van der Waals surface area contributed by atoms with Gasteiger partial charge in [-0.05, 0) is 31.4 Å². The molecule has 3 nitrogen and oxygen atoms in total. The van der Waals surface area contributed by atoms with Crippen LogP contribution in [0.4, 0.5) is 26.3 Å². The summed E-state index contributed by atoms with van der Waals surface area (Å²) in [5, 5.41) is 0. The topological polar surface area (TPSA) is 51.8 Å². The van der Waals surface area contributed by atoms with E-state index in [1.54, 1.807) is 0 Å². The zero-order valence-electron chi connectivity index (χ0n) is 10.8. The molecule has 0 bridgehead atoms. The Morgan fingerprint density at radius 3 is 1.95 bits per heavy atom. The molecule has 1 heterocycles. The van der Waals surface area contributed by atoms with Gasteiger partial charge in [0.25, 0.3) is 0 Å². The molecule has 0 aromatic carbocycles. The Morgan fingerprint density at radius 2 is 1.62 bits per heavy atom. The maximum Gasteiger partial charge on any atom is 0.451 e. The molecule has 1 aliphatic rings. The molecule has 118 valence electrons. The Morgan fingerprint density at radius 1 is 1.10 bits per heavy atom. The van der Waals surface area contributed by atoms with Crippen LogP contribution in [-0.2, 0) is 6.18 Å². The standard InChI is InChI=1S/C12H13F6N3/c13-11(14,15)9-20-5-8(6-21-9)7(4-19)3-10(1-2-10)12(16,17)18/h5-7H,1-4,19H2. The van der Waals surface area contributed by atoms with Crippen molar-refractivity contribution < 1.29 is 26.3 Å². The summed E-state index contributed by atoms with van der Waals surface area (Å²) < 4.78 is 75.7. The molecular weight excluding hydrogens is 300 g/mol. The zero-order chi connectivity index (χ0) is 15.9. The molecule has 9 heteroatoms. The van der Waals surface area contributed by atoms with Crippen LogP contribution in [0.2, 0.25) is 0 Å². The normalized spacial score (nSPS) is 19.4. The average Bonchev–Trinajstić information content (AvgIpc) is 3.15. The van der Waals surface area contributed by atoms with E-state index in [-0.39, 0.29) is 31.4 Å². The van der Waals surface area contributed by atoms with Crippen molar-refractivity contribution in [1.29, 1.82) is 0 Å². The van der Waals surface area contributed by atoms with Gasteiger partial charge in [0, 0.05) is 18.3 Å². The predicted molar refractivity (Wildman–Crippen MR) is 61.2 cm³/mol. The summed E-state index contributed by atoms with van der Waals surface area (Å²) in [6.45, 7) is -0.105. The molecular formula is C12H13F6N3. The molecule has 2 rings (SSSR count). The van der Waals surface area contributed by atoms with Gasteiger partial charge in [0.1, 0.15) is 0 Å². The van der Waals surface area contributed by atoms with Gasteiger partial charge in [-0.2, -0.15) is 26.3 Å². The van der Waals surface area contributed by atoms with Gasteiger partial charge in [-0.3, -0.25) is 0 Å². The lowest BCUT2D eigenvalue weighted by atomic mass is 9.87. The molecule has 1 atom stereocenters. The largest absolute Gasteiger partial charge is 0.451 e. The first kappa shape index (κ1) is 16.0. The first-order valence-corrected chi connectivity index (χ1v) is 6.25. The van der Waals surface area contributed by atoms with Crippen molar-refractivity contribution in [3.05, 3.63) is 23.8 Å². The molecule has 1 aliphatic carbocycles. The Hall–Kier alpha value is -1.38. The molecule has 1 unspecified atom stereocenters. The number of hydrogen-bond acceptors (Lipinski definition) is 3. The molecule has 21 heavy (non-hydrogen) atoms. The van der Waals surface area contributed by atoms with Gasteiger partial charge < -0.3 is 5.73 Å². The van der Waals surface area contributed by atoms with Crippen LogP contribution in [0, 0.1) is 5.41 Å². The zero-order valence-corrected chi connectivity index (χ0v) is 10.8. The monoisotopic (exact) mass is 313 g/mol. The second-order valence-electron chi connectivity index (χ2n) is 5.25. The SMILES string of the molecule is NCC(CC1(C(F)(F)F)CC1)c1cnc(C(F)(F)F)nc1. The fourth-order valence-corrected chi connectivity index (χ4v) is 2.26. The summed E-state index contributed by atoms with van der Waals surface area (Å²) in [5.41, 5.74) is 3.89. The highest BCUT2D eigenvalue weighted by molar-refractivity contribution is 5.16. The van der Waals surface area contributed by atoms with Crippen LogP contribution in [0.5, 0.6) is 0 Å². The minimum absolute atomic E-state index is 0.0223. The van der Waals surface area contributed by atoms with Gasteiger partial charge >= 0.3 is 12.4 Å². The van der Waals surface area contributed by atoms with E-state index in [2.05, 4.69) is 9.97 Å². The highest BCUT2D eigenvalue weighted by Crippen LogP contribution is 2.61. The maximum absolute atomic E-state index is 12.9. The lowest BCUT2D eigenvalue weighted by Gasteiger charge is -2.24. The summed E-state index contributed by atoms with van der Waals surface area (Å²) in [6.07, 6.45) is -7.40. The Bertz CT molecular complexity index is 489. The van der Waals surface area contributed by atoms with Gasteiger partial charge in [0.2, 0.25) is 5.82 Å². The first-order valence-electron chi connectivity index (χ1n) is 6.25. The number of alkyl halides is 6. The van der Waals surface area contributed by atoms with Gasteiger partial charge in [-0.15, -0.1) is 0 Å². The Labute approximate surface area is 116 Å². The molecule has 1 saturated carbocycles. The Balaban J connectivity index is 2.15. The van der Waals surface area contributed by atoms with E-state index in [9.17, 15) is 26.3 Å². The molecule has 0 radical (unpaired) electrons. The first-order chi connectivity index (χ1) is 9.59. The van der Waals surface area contributed by atoms with E-state index in [1.807, 2.05) is 0 Å². The summed E-state index contributed by atoms with van der Waals surface area (Å²) in [6, 6.07) is 0. The van der Waals surface area contributed by atoms with E-state index >= 15 is 0 Å². The number of hydrogen-bond donors (Lipinski definition) is 1. The van der Waals surface area contributed by atoms with Crippen molar-refractivity contribution in [2.24, 2.45) is 11.1 Å². The minimum atomic E-state index is -4.68. The van der Waals surface area contributed by atoms with E-state index < -0.39 is 29.5 Å². The number of halogens is 6. The molecule has 0 saturated heterocycles. The van der Waals surface area contributed by atoms with Crippen LogP contribution < -0.4 is 5.73 Å². The smallest absolute Gasteiger partial charge is 0.330 e. The van der Waals surface area contributed by atoms with Crippen molar-refractivity contribution in [3.63, 3.8) is 0 Å². The average molecular weight is 313 g/mol. The molecule has 2 N–H and O–H groups in total. The number of rotatable bonds is 4. The van der Waals surface area contributed by atoms with Gasteiger partial charge in [-0.25, -0.2) is 9.97 Å². The highest BCUT2D eigenvalue weighted by atomic mass is 19.4. The number of nitrogens with zero attached hydrogens (tertiary/aromatic N) is 2. The van der Waals surface area contributed by atoms with Crippen LogP contribution in [0.1, 0.15) is 36.6 Å². The molecule has 0 spiro atoms. The second-order valence-corrected chi connectivity index (χ2v) is 5.25.